The van der Waals surface area contributed by atoms with Gasteiger partial charge in [0.15, 0.2) is 11.5 Å². The average molecular weight is 314 g/mol. The van der Waals surface area contributed by atoms with Crippen molar-refractivity contribution in [2.24, 2.45) is 0 Å². The summed E-state index contributed by atoms with van der Waals surface area (Å²) in [5, 5.41) is 0. The normalized spacial score (nSPS) is 19.3. The Morgan fingerprint density at radius 3 is 2.78 bits per heavy atom. The van der Waals surface area contributed by atoms with Gasteiger partial charge < -0.3 is 9.47 Å². The molecule has 0 saturated heterocycles. The summed E-state index contributed by atoms with van der Waals surface area (Å²) >= 11 is 0. The molecule has 0 fully saturated rings. The first-order valence-electron chi connectivity index (χ1n) is 7.58. The zero-order valence-electron chi connectivity index (χ0n) is 12.6. The summed E-state index contributed by atoms with van der Waals surface area (Å²) < 4.78 is 11.0. The lowest BCUT2D eigenvalue weighted by Crippen LogP contribution is -2.50. The standard InChI is InChI=1S/C17H18N2O4/c20-16(10-9-12-5-1-2-6-12)18-19-17(21)15-11-22-13-7-3-4-8-14(13)23-15/h3-5,7-10,15H,1-2,6,11H2,(H,18,20)(H,19,21)/b10-9-/t15-/m0/s1. The van der Waals surface area contributed by atoms with Gasteiger partial charge in [-0.15, -0.1) is 0 Å². The van der Waals surface area contributed by atoms with Crippen molar-refractivity contribution in [1.82, 2.24) is 10.9 Å². The van der Waals surface area contributed by atoms with E-state index in [-0.39, 0.29) is 12.5 Å². The fourth-order valence-electron chi connectivity index (χ4n) is 2.42. The van der Waals surface area contributed by atoms with Gasteiger partial charge in [0.25, 0.3) is 11.8 Å². The van der Waals surface area contributed by atoms with Gasteiger partial charge in [-0.25, -0.2) is 0 Å². The van der Waals surface area contributed by atoms with E-state index in [1.54, 1.807) is 24.3 Å². The van der Waals surface area contributed by atoms with Crippen molar-refractivity contribution >= 4 is 11.8 Å². The van der Waals surface area contributed by atoms with Crippen molar-refractivity contribution in [2.75, 3.05) is 6.61 Å². The van der Waals surface area contributed by atoms with Crippen LogP contribution in [0.1, 0.15) is 19.3 Å². The molecular weight excluding hydrogens is 296 g/mol. The number of benzene rings is 1. The van der Waals surface area contributed by atoms with Crippen LogP contribution in [0.15, 0.2) is 48.1 Å². The number of hydrogen-bond acceptors (Lipinski definition) is 4. The van der Waals surface area contributed by atoms with Crippen molar-refractivity contribution < 1.29 is 19.1 Å². The molecule has 2 amide bonds. The summed E-state index contributed by atoms with van der Waals surface area (Å²) in [5.74, 6) is 0.274. The second-order valence-corrected chi connectivity index (χ2v) is 5.35. The van der Waals surface area contributed by atoms with E-state index in [0.29, 0.717) is 11.5 Å². The van der Waals surface area contributed by atoms with Crippen LogP contribution in [0.5, 0.6) is 11.5 Å². The maximum atomic E-state index is 12.0. The summed E-state index contributed by atoms with van der Waals surface area (Å²) in [6.45, 7) is 0.0987. The molecule has 0 saturated carbocycles. The smallest absolute Gasteiger partial charge is 0.283 e. The molecule has 1 aliphatic carbocycles. The summed E-state index contributed by atoms with van der Waals surface area (Å²) in [5.41, 5.74) is 5.83. The van der Waals surface area contributed by atoms with Gasteiger partial charge in [-0.2, -0.15) is 0 Å². The lowest BCUT2D eigenvalue weighted by atomic mass is 10.2. The number of ether oxygens (including phenoxy) is 2. The summed E-state index contributed by atoms with van der Waals surface area (Å²) in [7, 11) is 0. The first-order chi connectivity index (χ1) is 11.2. The van der Waals surface area contributed by atoms with E-state index in [1.165, 1.54) is 6.08 Å². The fourth-order valence-corrected chi connectivity index (χ4v) is 2.42. The number of hydrazine groups is 1. The molecule has 1 aromatic rings. The van der Waals surface area contributed by atoms with Gasteiger partial charge in [0, 0.05) is 6.08 Å². The molecular formula is C17H18N2O4. The molecule has 0 aromatic heterocycles. The SMILES string of the molecule is O=C(/C=C\C1=CCCC1)NNC(=O)[C@@H]1COc2ccccc2O1. The molecule has 0 radical (unpaired) electrons. The van der Waals surface area contributed by atoms with E-state index >= 15 is 0 Å². The number of allylic oxidation sites excluding steroid dienone is 3. The van der Waals surface area contributed by atoms with Crippen molar-refractivity contribution in [1.29, 1.82) is 0 Å². The number of rotatable bonds is 3. The van der Waals surface area contributed by atoms with Crippen LogP contribution in [0.2, 0.25) is 0 Å². The van der Waals surface area contributed by atoms with Crippen molar-refractivity contribution in [3.05, 3.63) is 48.1 Å². The van der Waals surface area contributed by atoms with Crippen LogP contribution in [0.4, 0.5) is 0 Å². The second-order valence-electron chi connectivity index (χ2n) is 5.35. The van der Waals surface area contributed by atoms with Gasteiger partial charge in [-0.05, 0) is 31.4 Å². The minimum absolute atomic E-state index is 0.0987. The van der Waals surface area contributed by atoms with E-state index in [9.17, 15) is 9.59 Å². The van der Waals surface area contributed by atoms with E-state index in [4.69, 9.17) is 9.47 Å². The Kier molecular flexibility index (Phi) is 4.61. The number of amides is 2. The molecule has 1 atom stereocenters. The Morgan fingerprint density at radius 1 is 1.17 bits per heavy atom. The highest BCUT2D eigenvalue weighted by molar-refractivity contribution is 5.91. The van der Waals surface area contributed by atoms with E-state index in [1.807, 2.05) is 6.07 Å². The number of fused-ring (bicyclic) bond motifs is 1. The van der Waals surface area contributed by atoms with Crippen LogP contribution in [0, 0.1) is 0 Å². The van der Waals surface area contributed by atoms with Crippen molar-refractivity contribution in [3.8, 4) is 11.5 Å². The van der Waals surface area contributed by atoms with Crippen LogP contribution in [-0.2, 0) is 9.59 Å². The lowest BCUT2D eigenvalue weighted by molar-refractivity contribution is -0.134. The molecule has 0 unspecified atom stereocenters. The number of hydrogen-bond donors (Lipinski definition) is 2. The zero-order chi connectivity index (χ0) is 16.1. The van der Waals surface area contributed by atoms with Crippen molar-refractivity contribution in [2.45, 2.75) is 25.4 Å². The highest BCUT2D eigenvalue weighted by Gasteiger charge is 2.27. The molecule has 2 aliphatic rings. The summed E-state index contributed by atoms with van der Waals surface area (Å²) in [6.07, 6.45) is 7.65. The van der Waals surface area contributed by atoms with Crippen LogP contribution >= 0.6 is 0 Å². The number of carbonyl (C=O) groups is 2. The minimum Gasteiger partial charge on any atom is -0.485 e. The van der Waals surface area contributed by atoms with E-state index in [0.717, 1.165) is 24.8 Å². The Morgan fingerprint density at radius 2 is 2.00 bits per heavy atom. The largest absolute Gasteiger partial charge is 0.485 e. The fraction of sp³-hybridized carbons (Fsp3) is 0.294. The molecule has 6 heteroatoms. The maximum absolute atomic E-state index is 12.0. The molecule has 1 heterocycles. The number of para-hydroxylation sites is 2. The second kappa shape index (κ2) is 7.00. The van der Waals surface area contributed by atoms with Crippen LogP contribution in [0.25, 0.3) is 0 Å². The maximum Gasteiger partial charge on any atom is 0.283 e. The zero-order valence-corrected chi connectivity index (χ0v) is 12.6. The predicted molar refractivity (Wildman–Crippen MR) is 83.7 cm³/mol. The number of nitrogens with one attached hydrogen (secondary N) is 2. The summed E-state index contributed by atoms with van der Waals surface area (Å²) in [4.78, 5) is 23.7. The predicted octanol–water partition coefficient (Wildman–Crippen LogP) is 1.64. The van der Waals surface area contributed by atoms with Crippen molar-refractivity contribution in [3.63, 3.8) is 0 Å². The van der Waals surface area contributed by atoms with Gasteiger partial charge in [0.2, 0.25) is 6.10 Å². The highest BCUT2D eigenvalue weighted by atomic mass is 16.6. The average Bonchev–Trinajstić information content (AvgIpc) is 3.11. The Labute approximate surface area is 134 Å². The third-order valence-corrected chi connectivity index (χ3v) is 3.63. The molecule has 2 N–H and O–H groups in total. The Bertz CT molecular complexity index is 666. The van der Waals surface area contributed by atoms with Gasteiger partial charge in [-0.1, -0.05) is 29.9 Å². The monoisotopic (exact) mass is 314 g/mol. The third-order valence-electron chi connectivity index (χ3n) is 3.63. The minimum atomic E-state index is -0.799. The molecule has 23 heavy (non-hydrogen) atoms. The Balaban J connectivity index is 1.47. The third kappa shape index (κ3) is 3.91. The van der Waals surface area contributed by atoms with Crippen LogP contribution < -0.4 is 20.3 Å². The highest BCUT2D eigenvalue weighted by Crippen LogP contribution is 2.30. The first kappa shape index (κ1) is 15.1. The number of carbonyl (C=O) groups excluding carboxylic acids is 2. The quantitative estimate of drug-likeness (QED) is 0.657. The summed E-state index contributed by atoms with van der Waals surface area (Å²) in [6, 6.07) is 7.13. The van der Waals surface area contributed by atoms with Gasteiger partial charge in [0.05, 0.1) is 0 Å². The van der Waals surface area contributed by atoms with Crippen LogP contribution in [-0.4, -0.2) is 24.5 Å². The molecule has 6 nitrogen and oxygen atoms in total. The van der Waals surface area contributed by atoms with Gasteiger partial charge in [0.1, 0.15) is 6.61 Å². The Hall–Kier alpha value is -2.76. The van der Waals surface area contributed by atoms with E-state index in [2.05, 4.69) is 16.9 Å². The molecule has 0 bridgehead atoms. The lowest BCUT2D eigenvalue weighted by Gasteiger charge is -2.25. The van der Waals surface area contributed by atoms with E-state index < -0.39 is 12.0 Å². The van der Waals surface area contributed by atoms with Crippen LogP contribution in [0.3, 0.4) is 0 Å². The molecule has 1 aromatic carbocycles. The van der Waals surface area contributed by atoms with Gasteiger partial charge in [-0.3, -0.25) is 20.4 Å². The molecule has 120 valence electrons. The van der Waals surface area contributed by atoms with Gasteiger partial charge >= 0.3 is 0 Å². The molecule has 3 rings (SSSR count). The molecule has 1 aliphatic heterocycles. The first-order valence-corrected chi connectivity index (χ1v) is 7.58. The topological polar surface area (TPSA) is 76.7 Å². The molecule has 0 spiro atoms.